The normalized spacial score (nSPS) is 5.50. The first-order chi connectivity index (χ1) is 4.74. The monoisotopic (exact) mass is 221 g/mol. The Kier molecular flexibility index (Phi) is 159. The minimum atomic E-state index is 0. The molecule has 79 valence electrons. The second kappa shape index (κ2) is 64.6. The molecule has 0 unspecified atom stereocenters. The zero-order valence-electron chi connectivity index (χ0n) is 7.88. The Balaban J connectivity index is -0.0000000191. The average Bonchev–Trinajstić information content (AvgIpc) is 1.91. The SMILES string of the molecule is C.CNC.CNNC.CN[NH-].[Mn+2]. The van der Waals surface area contributed by atoms with E-state index in [1.165, 1.54) is 0 Å². The van der Waals surface area contributed by atoms with E-state index in [2.05, 4.69) is 16.2 Å². The average molecular weight is 221 g/mol. The van der Waals surface area contributed by atoms with Crippen LogP contribution in [0.3, 0.4) is 0 Å². The molecule has 0 atom stereocenters. The fraction of sp³-hybridized carbons (Fsp3) is 1.00. The molecule has 12 heavy (non-hydrogen) atoms. The van der Waals surface area contributed by atoms with Gasteiger partial charge in [0.1, 0.15) is 0 Å². The Labute approximate surface area is 87.7 Å². The van der Waals surface area contributed by atoms with Gasteiger partial charge in [-0.05, 0) is 35.2 Å². The largest absolute Gasteiger partial charge is 2.00 e. The molecule has 0 aliphatic carbocycles. The van der Waals surface area contributed by atoms with Gasteiger partial charge in [-0.25, -0.2) is 0 Å². The first-order valence-electron chi connectivity index (χ1n) is 3.00. The van der Waals surface area contributed by atoms with Crippen LogP contribution in [0.15, 0.2) is 0 Å². The Hall–Kier alpha value is 0.319. The molecular formula is C6H24MnN5+. The summed E-state index contributed by atoms with van der Waals surface area (Å²) in [5.41, 5.74) is 7.36. The number of nitrogens with one attached hydrogen (secondary N) is 5. The molecule has 5 nitrogen and oxygen atoms in total. The molecule has 0 bridgehead atoms. The van der Waals surface area contributed by atoms with Crippen molar-refractivity contribution in [2.75, 3.05) is 35.2 Å². The van der Waals surface area contributed by atoms with Crippen molar-refractivity contribution in [3.63, 3.8) is 0 Å². The van der Waals surface area contributed by atoms with Gasteiger partial charge in [0.25, 0.3) is 0 Å². The Morgan fingerprint density at radius 3 is 0.917 bits per heavy atom. The van der Waals surface area contributed by atoms with Crippen LogP contribution in [0.5, 0.6) is 0 Å². The molecule has 0 aromatic heterocycles. The van der Waals surface area contributed by atoms with E-state index in [0.29, 0.717) is 0 Å². The summed E-state index contributed by atoms with van der Waals surface area (Å²) in [6, 6.07) is 0. The minimum absolute atomic E-state index is 0. The maximum absolute atomic E-state index is 5.96. The molecule has 6 heteroatoms. The number of hydrogen-bond acceptors (Lipinski definition) is 4. The number of rotatable bonds is 1. The van der Waals surface area contributed by atoms with Crippen molar-refractivity contribution in [2.45, 2.75) is 7.43 Å². The molecule has 0 aliphatic rings. The summed E-state index contributed by atoms with van der Waals surface area (Å²) in [4.78, 5) is 0. The first-order valence-corrected chi connectivity index (χ1v) is 3.00. The second-order valence-electron chi connectivity index (χ2n) is 1.25. The van der Waals surface area contributed by atoms with Gasteiger partial charge in [0.15, 0.2) is 0 Å². The van der Waals surface area contributed by atoms with Crippen LogP contribution in [0.1, 0.15) is 7.43 Å². The predicted octanol–water partition coefficient (Wildman–Crippen LogP) is -0.0176. The molecule has 0 aliphatic heterocycles. The second-order valence-corrected chi connectivity index (χ2v) is 1.25. The van der Waals surface area contributed by atoms with Gasteiger partial charge in [-0.3, -0.25) is 10.9 Å². The topological polar surface area (TPSA) is 71.9 Å². The Morgan fingerprint density at radius 2 is 0.917 bits per heavy atom. The zero-order chi connectivity index (χ0) is 8.83. The maximum Gasteiger partial charge on any atom is 2.00 e. The summed E-state index contributed by atoms with van der Waals surface area (Å²) >= 11 is 0. The molecule has 0 rings (SSSR count). The third kappa shape index (κ3) is 515. The number of hydrogen-bond donors (Lipinski definition) is 4. The summed E-state index contributed by atoms with van der Waals surface area (Å²) < 4.78 is 0. The van der Waals surface area contributed by atoms with E-state index in [9.17, 15) is 0 Å². The first kappa shape index (κ1) is 29.5. The Bertz CT molecular complexity index is 27.9. The van der Waals surface area contributed by atoms with Crippen molar-refractivity contribution in [3.05, 3.63) is 5.84 Å². The van der Waals surface area contributed by atoms with Gasteiger partial charge in [-0.1, -0.05) is 7.43 Å². The van der Waals surface area contributed by atoms with Crippen LogP contribution in [0.4, 0.5) is 0 Å². The van der Waals surface area contributed by atoms with Crippen LogP contribution in [0, 0.1) is 0 Å². The van der Waals surface area contributed by atoms with Crippen molar-refractivity contribution in [3.8, 4) is 0 Å². The summed E-state index contributed by atoms with van der Waals surface area (Å²) in [7, 11) is 8.93. The number of hydrazine groups is 1. The molecule has 0 amide bonds. The van der Waals surface area contributed by atoms with Crippen molar-refractivity contribution in [2.24, 2.45) is 0 Å². The van der Waals surface area contributed by atoms with Gasteiger partial charge >= 0.3 is 17.1 Å². The quantitative estimate of drug-likeness (QED) is 0.371. The smallest absolute Gasteiger partial charge is 0.613 e. The van der Waals surface area contributed by atoms with E-state index >= 15 is 0 Å². The Morgan fingerprint density at radius 1 is 0.833 bits per heavy atom. The van der Waals surface area contributed by atoms with E-state index in [4.69, 9.17) is 5.84 Å². The fourth-order valence-electron chi connectivity index (χ4n) is 0. The van der Waals surface area contributed by atoms with Crippen LogP contribution in [-0.4, -0.2) is 35.2 Å². The van der Waals surface area contributed by atoms with Crippen molar-refractivity contribution < 1.29 is 17.1 Å². The molecule has 0 saturated heterocycles. The summed E-state index contributed by atoms with van der Waals surface area (Å²) in [5.74, 6) is 5.96. The summed E-state index contributed by atoms with van der Waals surface area (Å²) in [6.45, 7) is 0. The van der Waals surface area contributed by atoms with E-state index < -0.39 is 0 Å². The van der Waals surface area contributed by atoms with Gasteiger partial charge in [0.05, 0.1) is 0 Å². The molecule has 0 aromatic carbocycles. The summed E-state index contributed by atoms with van der Waals surface area (Å²) in [6.07, 6.45) is 0. The van der Waals surface area contributed by atoms with Gasteiger partial charge in [-0.15, -0.1) is 0 Å². The minimum Gasteiger partial charge on any atom is -0.613 e. The van der Waals surface area contributed by atoms with Crippen molar-refractivity contribution in [1.82, 2.24) is 21.6 Å². The summed E-state index contributed by atoms with van der Waals surface area (Å²) in [5, 5.41) is 2.75. The van der Waals surface area contributed by atoms with Crippen LogP contribution in [0.25, 0.3) is 5.84 Å². The fourth-order valence-corrected chi connectivity index (χ4v) is 0. The van der Waals surface area contributed by atoms with Crippen LogP contribution in [0.2, 0.25) is 0 Å². The maximum atomic E-state index is 5.96. The van der Waals surface area contributed by atoms with Crippen LogP contribution in [-0.2, 0) is 17.1 Å². The van der Waals surface area contributed by atoms with E-state index in [0.717, 1.165) is 0 Å². The van der Waals surface area contributed by atoms with Gasteiger partial charge in [-0.2, -0.15) is 0 Å². The molecule has 0 fully saturated rings. The van der Waals surface area contributed by atoms with E-state index in [-0.39, 0.29) is 24.5 Å². The predicted molar refractivity (Wildman–Crippen MR) is 53.2 cm³/mol. The molecular weight excluding hydrogens is 197 g/mol. The molecule has 1 radical (unpaired) electrons. The standard InChI is InChI=1S/C2H8N2.C2H7N.CH5N2.CH4.Mn/c1-3-4-2;2*1-3-2;;/h3-4H,1-2H3;3H,1-2H3;2-3H,1H3;1H4;/q;;-1;;+2. The van der Waals surface area contributed by atoms with E-state index in [1.807, 2.05) is 33.6 Å². The van der Waals surface area contributed by atoms with Crippen LogP contribution < -0.4 is 21.6 Å². The molecule has 5 N–H and O–H groups in total. The van der Waals surface area contributed by atoms with Gasteiger partial charge in [0, 0.05) is 0 Å². The van der Waals surface area contributed by atoms with Gasteiger partial charge in [0.2, 0.25) is 0 Å². The third-order valence-corrected chi connectivity index (χ3v) is 0.250. The van der Waals surface area contributed by atoms with Gasteiger partial charge < -0.3 is 16.6 Å². The van der Waals surface area contributed by atoms with Crippen LogP contribution >= 0.6 is 0 Å². The molecule has 0 aromatic rings. The van der Waals surface area contributed by atoms with Crippen molar-refractivity contribution >= 4 is 0 Å². The van der Waals surface area contributed by atoms with E-state index in [1.54, 1.807) is 7.05 Å². The molecule has 0 saturated carbocycles. The molecule has 0 spiro atoms. The van der Waals surface area contributed by atoms with Crippen molar-refractivity contribution in [1.29, 1.82) is 0 Å². The third-order valence-electron chi connectivity index (χ3n) is 0.250. The molecule has 0 heterocycles. The zero-order valence-corrected chi connectivity index (χ0v) is 9.06.